The molecule has 0 radical (unpaired) electrons. The summed E-state index contributed by atoms with van der Waals surface area (Å²) in [6.45, 7) is 6.17. The van der Waals surface area contributed by atoms with Crippen LogP contribution in [0.4, 0.5) is 15.8 Å². The molecule has 2 rings (SSSR count). The maximum atomic E-state index is 13.1. The maximum Gasteiger partial charge on any atom is 0.274 e. The van der Waals surface area contributed by atoms with Gasteiger partial charge in [0.2, 0.25) is 0 Å². The van der Waals surface area contributed by atoms with Crippen molar-refractivity contribution in [3.63, 3.8) is 0 Å². The summed E-state index contributed by atoms with van der Waals surface area (Å²) in [5.74, 6) is -0.883. The molecule has 0 aliphatic heterocycles. The highest BCUT2D eigenvalue weighted by molar-refractivity contribution is 6.31. The van der Waals surface area contributed by atoms with E-state index in [0.717, 1.165) is 31.6 Å². The molecule has 1 heterocycles. The van der Waals surface area contributed by atoms with E-state index < -0.39 is 5.82 Å². The Morgan fingerprint density at radius 1 is 1.21 bits per heavy atom. The quantitative estimate of drug-likeness (QED) is 0.784. The van der Waals surface area contributed by atoms with Crippen LogP contribution < -0.4 is 10.2 Å². The molecule has 1 aromatic carbocycles. The monoisotopic (exact) mass is 349 g/mol. The Morgan fingerprint density at radius 2 is 1.92 bits per heavy atom. The molecule has 4 nitrogen and oxygen atoms in total. The predicted octanol–water partition coefficient (Wildman–Crippen LogP) is 4.75. The summed E-state index contributed by atoms with van der Waals surface area (Å²) in [4.78, 5) is 18.7. The van der Waals surface area contributed by atoms with Crippen molar-refractivity contribution in [2.45, 2.75) is 26.7 Å². The van der Waals surface area contributed by atoms with Crippen molar-refractivity contribution in [1.29, 1.82) is 0 Å². The molecular weight excluding hydrogens is 329 g/mol. The molecule has 0 unspecified atom stereocenters. The van der Waals surface area contributed by atoms with E-state index in [9.17, 15) is 9.18 Å². The fourth-order valence-electron chi connectivity index (χ4n) is 2.39. The molecule has 0 bridgehead atoms. The van der Waals surface area contributed by atoms with Crippen LogP contribution in [0.1, 0.15) is 37.2 Å². The van der Waals surface area contributed by atoms with Crippen LogP contribution in [0.15, 0.2) is 36.5 Å². The van der Waals surface area contributed by atoms with Gasteiger partial charge in [0.15, 0.2) is 0 Å². The second-order valence-corrected chi connectivity index (χ2v) is 5.88. The number of halogens is 2. The van der Waals surface area contributed by atoms with Crippen molar-refractivity contribution in [1.82, 2.24) is 4.98 Å². The standard InChI is InChI=1S/C18H21ClFN3O/c1-3-9-23(10-4-2)14-6-8-17(21-12-14)18(24)22-13-5-7-16(20)15(19)11-13/h5-8,11-12H,3-4,9-10H2,1-2H3,(H,22,24). The number of nitrogens with one attached hydrogen (secondary N) is 1. The first-order valence-corrected chi connectivity index (χ1v) is 8.40. The lowest BCUT2D eigenvalue weighted by atomic mass is 10.2. The average Bonchev–Trinajstić information content (AvgIpc) is 2.58. The molecule has 0 atom stereocenters. The summed E-state index contributed by atoms with van der Waals surface area (Å²) in [5.41, 5.74) is 1.73. The van der Waals surface area contributed by atoms with Crippen molar-refractivity contribution >= 4 is 28.9 Å². The topological polar surface area (TPSA) is 45.2 Å². The summed E-state index contributed by atoms with van der Waals surface area (Å²) >= 11 is 5.71. The van der Waals surface area contributed by atoms with Crippen molar-refractivity contribution in [2.75, 3.05) is 23.3 Å². The zero-order valence-corrected chi connectivity index (χ0v) is 14.6. The molecule has 128 valence electrons. The second kappa shape index (κ2) is 8.64. The third-order valence-electron chi connectivity index (χ3n) is 3.51. The van der Waals surface area contributed by atoms with Gasteiger partial charge in [-0.3, -0.25) is 4.79 Å². The van der Waals surface area contributed by atoms with Gasteiger partial charge in [0.05, 0.1) is 16.9 Å². The van der Waals surface area contributed by atoms with Gasteiger partial charge < -0.3 is 10.2 Å². The van der Waals surface area contributed by atoms with Gasteiger partial charge in [-0.1, -0.05) is 25.4 Å². The van der Waals surface area contributed by atoms with Gasteiger partial charge in [0.1, 0.15) is 11.5 Å². The predicted molar refractivity (Wildman–Crippen MR) is 96.4 cm³/mol. The number of carbonyl (C=O) groups is 1. The zero-order chi connectivity index (χ0) is 17.5. The normalized spacial score (nSPS) is 10.5. The Hall–Kier alpha value is -2.14. The Balaban J connectivity index is 2.08. The van der Waals surface area contributed by atoms with Gasteiger partial charge >= 0.3 is 0 Å². The Morgan fingerprint density at radius 3 is 2.46 bits per heavy atom. The molecule has 0 saturated heterocycles. The number of anilines is 2. The van der Waals surface area contributed by atoms with Crippen LogP contribution in [0.2, 0.25) is 5.02 Å². The first kappa shape index (κ1) is 18.2. The molecule has 0 saturated carbocycles. The molecule has 0 fully saturated rings. The smallest absolute Gasteiger partial charge is 0.274 e. The van der Waals surface area contributed by atoms with Gasteiger partial charge in [-0.2, -0.15) is 0 Å². The summed E-state index contributed by atoms with van der Waals surface area (Å²) in [5, 5.41) is 2.62. The number of nitrogens with zero attached hydrogens (tertiary/aromatic N) is 2. The van der Waals surface area contributed by atoms with Crippen molar-refractivity contribution in [3.8, 4) is 0 Å². The van der Waals surface area contributed by atoms with Crippen LogP contribution in [0.25, 0.3) is 0 Å². The Kier molecular flexibility index (Phi) is 6.55. The summed E-state index contributed by atoms with van der Waals surface area (Å²) in [7, 11) is 0. The SMILES string of the molecule is CCCN(CCC)c1ccc(C(=O)Nc2ccc(F)c(Cl)c2)nc1. The van der Waals surface area contributed by atoms with Gasteiger partial charge in [0, 0.05) is 18.8 Å². The molecule has 0 aliphatic carbocycles. The highest BCUT2D eigenvalue weighted by atomic mass is 35.5. The fourth-order valence-corrected chi connectivity index (χ4v) is 2.57. The molecular formula is C18H21ClFN3O. The molecule has 24 heavy (non-hydrogen) atoms. The van der Waals surface area contributed by atoms with E-state index in [2.05, 4.69) is 29.0 Å². The summed E-state index contributed by atoms with van der Waals surface area (Å²) in [6, 6.07) is 7.62. The Bertz CT molecular complexity index is 685. The Labute approximate surface area is 146 Å². The minimum atomic E-state index is -0.524. The minimum absolute atomic E-state index is 0.0362. The van der Waals surface area contributed by atoms with Crippen LogP contribution in [-0.4, -0.2) is 24.0 Å². The van der Waals surface area contributed by atoms with Crippen LogP contribution in [0.3, 0.4) is 0 Å². The number of benzene rings is 1. The number of rotatable bonds is 7. The number of pyridine rings is 1. The van der Waals surface area contributed by atoms with Crippen molar-refractivity contribution < 1.29 is 9.18 Å². The van der Waals surface area contributed by atoms with E-state index in [1.807, 2.05) is 6.07 Å². The lowest BCUT2D eigenvalue weighted by molar-refractivity contribution is 0.102. The number of hydrogen-bond donors (Lipinski definition) is 1. The number of amides is 1. The maximum absolute atomic E-state index is 13.1. The van der Waals surface area contributed by atoms with Crippen molar-refractivity contribution in [3.05, 3.63) is 53.1 Å². The van der Waals surface area contributed by atoms with Crippen LogP contribution in [0.5, 0.6) is 0 Å². The third-order valence-corrected chi connectivity index (χ3v) is 3.80. The van der Waals surface area contributed by atoms with Gasteiger partial charge in [-0.15, -0.1) is 0 Å². The molecule has 1 amide bonds. The van der Waals surface area contributed by atoms with Crippen LogP contribution >= 0.6 is 11.6 Å². The highest BCUT2D eigenvalue weighted by Gasteiger charge is 2.11. The van der Waals surface area contributed by atoms with Crippen molar-refractivity contribution in [2.24, 2.45) is 0 Å². The van der Waals surface area contributed by atoms with E-state index in [1.165, 1.54) is 18.2 Å². The molecule has 0 spiro atoms. The number of hydrogen-bond acceptors (Lipinski definition) is 3. The first-order chi connectivity index (χ1) is 11.5. The fraction of sp³-hybridized carbons (Fsp3) is 0.333. The van der Waals surface area contributed by atoms with E-state index >= 15 is 0 Å². The largest absolute Gasteiger partial charge is 0.370 e. The van der Waals surface area contributed by atoms with Gasteiger partial charge in [-0.25, -0.2) is 9.37 Å². The minimum Gasteiger partial charge on any atom is -0.370 e. The highest BCUT2D eigenvalue weighted by Crippen LogP contribution is 2.20. The molecule has 1 aromatic heterocycles. The summed E-state index contributed by atoms with van der Waals surface area (Å²) < 4.78 is 13.1. The van der Waals surface area contributed by atoms with Crippen LogP contribution in [0, 0.1) is 5.82 Å². The third kappa shape index (κ3) is 4.68. The van der Waals surface area contributed by atoms with Crippen LogP contribution in [-0.2, 0) is 0 Å². The van der Waals surface area contributed by atoms with Gasteiger partial charge in [-0.05, 0) is 43.2 Å². The van der Waals surface area contributed by atoms with E-state index in [0.29, 0.717) is 11.4 Å². The second-order valence-electron chi connectivity index (χ2n) is 5.47. The molecule has 2 aromatic rings. The first-order valence-electron chi connectivity index (χ1n) is 8.02. The zero-order valence-electron chi connectivity index (χ0n) is 13.9. The summed E-state index contributed by atoms with van der Waals surface area (Å²) in [6.07, 6.45) is 3.80. The van der Waals surface area contributed by atoms with E-state index in [-0.39, 0.29) is 10.9 Å². The van der Waals surface area contributed by atoms with E-state index in [1.54, 1.807) is 12.3 Å². The molecule has 0 aliphatic rings. The average molecular weight is 350 g/mol. The molecule has 1 N–H and O–H groups in total. The lowest BCUT2D eigenvalue weighted by Crippen LogP contribution is -2.25. The number of aromatic nitrogens is 1. The van der Waals surface area contributed by atoms with E-state index in [4.69, 9.17) is 11.6 Å². The lowest BCUT2D eigenvalue weighted by Gasteiger charge is -2.23. The molecule has 6 heteroatoms. The number of carbonyl (C=O) groups excluding carboxylic acids is 1. The van der Waals surface area contributed by atoms with Gasteiger partial charge in [0.25, 0.3) is 5.91 Å².